The molecule has 2 atom stereocenters. The molecule has 7 N–H and O–H groups in total. The van der Waals surface area contributed by atoms with Crippen molar-refractivity contribution >= 4 is 35.6 Å². The number of halogens is 3. The minimum atomic E-state index is -5.08. The fourth-order valence-corrected chi connectivity index (χ4v) is 6.32. The van der Waals surface area contributed by atoms with Crippen LogP contribution in [-0.4, -0.2) is 108 Å². The van der Waals surface area contributed by atoms with Gasteiger partial charge in [0, 0.05) is 51.4 Å². The Balaban J connectivity index is 0.00000109. The van der Waals surface area contributed by atoms with Gasteiger partial charge in [-0.05, 0) is 57.1 Å². The third-order valence-electron chi connectivity index (χ3n) is 9.34. The van der Waals surface area contributed by atoms with E-state index in [9.17, 15) is 32.3 Å². The van der Waals surface area contributed by atoms with Crippen molar-refractivity contribution in [2.24, 2.45) is 17.6 Å². The second-order valence-corrected chi connectivity index (χ2v) is 14.9. The number of ether oxygens (including phenoxy) is 1. The number of nitrogens with two attached hydrogens (primary N) is 1. The predicted octanol–water partition coefficient (Wildman–Crippen LogP) is 3.81. The van der Waals surface area contributed by atoms with Gasteiger partial charge in [-0.2, -0.15) is 13.2 Å². The van der Waals surface area contributed by atoms with Gasteiger partial charge in [-0.25, -0.2) is 9.59 Å². The maximum absolute atomic E-state index is 14.0. The molecule has 1 unspecified atom stereocenters. The molecule has 1 saturated carbocycles. The number of nitrogens with zero attached hydrogens (tertiary/aromatic N) is 2. The summed E-state index contributed by atoms with van der Waals surface area (Å²) < 4.78 is 37.2. The topological polar surface area (TPSA) is 207 Å². The van der Waals surface area contributed by atoms with E-state index in [4.69, 9.17) is 25.8 Å². The van der Waals surface area contributed by atoms with E-state index >= 15 is 0 Å². The second kappa shape index (κ2) is 21.2. The van der Waals surface area contributed by atoms with Gasteiger partial charge < -0.3 is 36.4 Å². The van der Waals surface area contributed by atoms with Crippen molar-refractivity contribution in [2.75, 3.05) is 39.3 Å². The van der Waals surface area contributed by atoms with Gasteiger partial charge in [-0.3, -0.25) is 24.7 Å². The standard InChI is InChI=1S/C37H53N7O5.C2HF3O2/c1-37(2,3)49-36(48)44-22-20-43(21-23-44)19-18-40-35(47)31(28-12-8-5-9-13-28)42-34(46)30(24-26-14-16-29(17-15-26)32(38)39)33(45)41-25-27-10-6-4-7-11-27;3-2(4,5)1(6)7/h4,6-7,10-11,14-17,28,30-31H,5,8-9,12-13,18-25H2,1-3H3,(H3,38,39)(H,40,47)(H,41,45)(H,42,46);(H,6,7)/t30?,31-;/m0./s1. The van der Waals surface area contributed by atoms with Gasteiger partial charge in [-0.15, -0.1) is 0 Å². The van der Waals surface area contributed by atoms with Crippen LogP contribution < -0.4 is 21.7 Å². The molecule has 4 amide bonds. The number of carbonyl (C=O) groups is 5. The molecule has 2 aliphatic rings. The highest BCUT2D eigenvalue weighted by Crippen LogP contribution is 2.27. The Morgan fingerprint density at radius 1 is 0.857 bits per heavy atom. The van der Waals surface area contributed by atoms with Crippen molar-refractivity contribution in [3.05, 3.63) is 71.3 Å². The largest absolute Gasteiger partial charge is 0.490 e. The van der Waals surface area contributed by atoms with Crippen LogP contribution in [0.3, 0.4) is 0 Å². The quantitative estimate of drug-likeness (QED) is 0.0990. The third kappa shape index (κ3) is 15.5. The number of piperazine rings is 1. The summed E-state index contributed by atoms with van der Waals surface area (Å²) in [5, 5.41) is 23.8. The van der Waals surface area contributed by atoms with Crippen LogP contribution in [-0.2, 0) is 36.9 Å². The van der Waals surface area contributed by atoms with Crippen LogP contribution in [0.5, 0.6) is 0 Å². The average Bonchev–Trinajstić information content (AvgIpc) is 3.15. The lowest BCUT2D eigenvalue weighted by Crippen LogP contribution is -2.56. The van der Waals surface area contributed by atoms with E-state index in [0.717, 1.165) is 43.2 Å². The van der Waals surface area contributed by atoms with E-state index < -0.39 is 41.5 Å². The molecule has 1 saturated heterocycles. The van der Waals surface area contributed by atoms with Gasteiger partial charge in [0.25, 0.3) is 0 Å². The normalized spacial score (nSPS) is 16.3. The molecule has 0 radical (unpaired) electrons. The summed E-state index contributed by atoms with van der Waals surface area (Å²) in [5.41, 5.74) is 7.28. The molecule has 2 aromatic carbocycles. The van der Waals surface area contributed by atoms with Crippen molar-refractivity contribution < 1.29 is 47.0 Å². The summed E-state index contributed by atoms with van der Waals surface area (Å²) in [7, 11) is 0. The Hall–Kier alpha value is -5.19. The number of amidine groups is 1. The zero-order valence-electron chi connectivity index (χ0n) is 32.1. The smallest absolute Gasteiger partial charge is 0.475 e. The van der Waals surface area contributed by atoms with Gasteiger partial charge in [0.05, 0.1) is 0 Å². The van der Waals surface area contributed by atoms with Crippen molar-refractivity contribution in [1.29, 1.82) is 5.41 Å². The lowest BCUT2D eigenvalue weighted by molar-refractivity contribution is -0.192. The number of benzene rings is 2. The van der Waals surface area contributed by atoms with Crippen molar-refractivity contribution in [3.63, 3.8) is 0 Å². The third-order valence-corrected chi connectivity index (χ3v) is 9.34. The van der Waals surface area contributed by atoms with E-state index in [-0.39, 0.29) is 36.7 Å². The van der Waals surface area contributed by atoms with E-state index in [0.29, 0.717) is 44.8 Å². The Labute approximate surface area is 325 Å². The second-order valence-electron chi connectivity index (χ2n) is 14.9. The molecule has 0 bridgehead atoms. The SMILES string of the molecule is CC(C)(C)OC(=O)N1CCN(CCNC(=O)[C@@H](NC(=O)C(Cc2ccc(C(=N)N)cc2)C(=O)NCc2ccccc2)C2CCCCC2)CC1.O=C(O)C(F)(F)F. The van der Waals surface area contributed by atoms with E-state index in [1.807, 2.05) is 51.1 Å². The Kier molecular flexibility index (Phi) is 17.1. The molecule has 2 aromatic rings. The molecule has 0 aromatic heterocycles. The van der Waals surface area contributed by atoms with Crippen LogP contribution in [0.1, 0.15) is 69.6 Å². The average molecular weight is 790 g/mol. The maximum Gasteiger partial charge on any atom is 0.490 e. The number of carbonyl (C=O) groups excluding carboxylic acids is 4. The predicted molar refractivity (Wildman–Crippen MR) is 202 cm³/mol. The van der Waals surface area contributed by atoms with Crippen LogP contribution in [0.15, 0.2) is 54.6 Å². The molecule has 1 heterocycles. The highest BCUT2D eigenvalue weighted by Gasteiger charge is 2.38. The van der Waals surface area contributed by atoms with Gasteiger partial charge in [0.2, 0.25) is 17.7 Å². The van der Waals surface area contributed by atoms with Crippen LogP contribution in [0, 0.1) is 17.2 Å². The number of alkyl halides is 3. The number of carboxylic acid groups (broad SMARTS) is 1. The molecular formula is C39H54F3N7O7. The van der Waals surface area contributed by atoms with Crippen LogP contribution in [0.2, 0.25) is 0 Å². The van der Waals surface area contributed by atoms with Crippen molar-refractivity contribution in [2.45, 2.75) is 83.7 Å². The molecule has 1 aliphatic heterocycles. The summed E-state index contributed by atoms with van der Waals surface area (Å²) in [6.07, 6.45) is -0.573. The van der Waals surface area contributed by atoms with E-state index in [2.05, 4.69) is 20.9 Å². The first-order chi connectivity index (χ1) is 26.3. The summed E-state index contributed by atoms with van der Waals surface area (Å²) in [6.45, 7) is 9.27. The molecular weight excluding hydrogens is 735 g/mol. The van der Waals surface area contributed by atoms with Gasteiger partial charge in [0.1, 0.15) is 23.4 Å². The van der Waals surface area contributed by atoms with Crippen LogP contribution in [0.25, 0.3) is 0 Å². The maximum atomic E-state index is 14.0. The Morgan fingerprint density at radius 3 is 1.98 bits per heavy atom. The number of hydrogen-bond donors (Lipinski definition) is 6. The van der Waals surface area contributed by atoms with Crippen molar-refractivity contribution in [1.82, 2.24) is 25.8 Å². The summed E-state index contributed by atoms with van der Waals surface area (Å²) in [5.74, 6) is -5.10. The van der Waals surface area contributed by atoms with Crippen molar-refractivity contribution in [3.8, 4) is 0 Å². The fraction of sp³-hybridized carbons (Fsp3) is 0.538. The van der Waals surface area contributed by atoms with E-state index in [1.54, 1.807) is 29.2 Å². The molecule has 4 rings (SSSR count). The fourth-order valence-electron chi connectivity index (χ4n) is 6.32. The van der Waals surface area contributed by atoms with Gasteiger partial charge in [-0.1, -0.05) is 73.9 Å². The summed E-state index contributed by atoms with van der Waals surface area (Å²) >= 11 is 0. The number of hydrogen-bond acceptors (Lipinski definition) is 8. The lowest BCUT2D eigenvalue weighted by Gasteiger charge is -2.35. The molecule has 56 heavy (non-hydrogen) atoms. The number of nitrogens with one attached hydrogen (secondary N) is 4. The molecule has 1 aliphatic carbocycles. The summed E-state index contributed by atoms with van der Waals surface area (Å²) in [4.78, 5) is 66.5. The highest BCUT2D eigenvalue weighted by molar-refractivity contribution is 6.02. The molecule has 0 spiro atoms. The molecule has 2 fully saturated rings. The zero-order valence-corrected chi connectivity index (χ0v) is 32.1. The lowest BCUT2D eigenvalue weighted by atomic mass is 9.83. The Bertz CT molecular complexity index is 1620. The first-order valence-electron chi connectivity index (χ1n) is 18.7. The highest BCUT2D eigenvalue weighted by atomic mass is 19.4. The van der Waals surface area contributed by atoms with Gasteiger partial charge in [0.15, 0.2) is 0 Å². The monoisotopic (exact) mass is 789 g/mol. The molecule has 17 heteroatoms. The first-order valence-corrected chi connectivity index (χ1v) is 18.7. The number of rotatable bonds is 13. The first kappa shape index (κ1) is 45.2. The number of carboxylic acids is 1. The molecule has 14 nitrogen and oxygen atoms in total. The minimum Gasteiger partial charge on any atom is -0.475 e. The number of nitrogen functional groups attached to an aromatic ring is 1. The summed E-state index contributed by atoms with van der Waals surface area (Å²) in [6, 6.07) is 15.6. The number of amides is 4. The number of aliphatic carboxylic acids is 1. The van der Waals surface area contributed by atoms with Gasteiger partial charge >= 0.3 is 18.2 Å². The van der Waals surface area contributed by atoms with Crippen LogP contribution >= 0.6 is 0 Å². The molecule has 308 valence electrons. The minimum absolute atomic E-state index is 0.0297. The zero-order chi connectivity index (χ0) is 41.5. The van der Waals surface area contributed by atoms with E-state index in [1.165, 1.54) is 0 Å². The van der Waals surface area contributed by atoms with Crippen LogP contribution in [0.4, 0.5) is 18.0 Å². The Morgan fingerprint density at radius 2 is 1.45 bits per heavy atom.